The second-order valence-electron chi connectivity index (χ2n) is 7.58. The Hall–Kier alpha value is -1.82. The predicted octanol–water partition coefficient (Wildman–Crippen LogP) is 4.11. The van der Waals surface area contributed by atoms with Crippen molar-refractivity contribution < 1.29 is 18.7 Å². The van der Waals surface area contributed by atoms with Gasteiger partial charge in [0.15, 0.2) is 0 Å². The molecule has 27 heavy (non-hydrogen) atoms. The van der Waals surface area contributed by atoms with Crippen molar-refractivity contribution in [3.63, 3.8) is 0 Å². The number of ether oxygens (including phenoxy) is 2. The van der Waals surface area contributed by atoms with Gasteiger partial charge in [0.1, 0.15) is 18.2 Å². The van der Waals surface area contributed by atoms with E-state index in [1.165, 1.54) is 38.2 Å². The number of carbonyl (C=O) groups excluding carboxylic acids is 1. The standard InChI is InChI=1S/C21H31FN2O3/c1-2-18-13-23-10-11-24(18)21(25)27-15-17-12-19(8-9-20(17)22)26-14-16-6-4-3-5-7-16/h8-9,12,16,18,23H,2-7,10-11,13-15H2,1H3. The zero-order chi connectivity index (χ0) is 19.1. The van der Waals surface area contributed by atoms with Gasteiger partial charge in [-0.3, -0.25) is 0 Å². The van der Waals surface area contributed by atoms with Crippen LogP contribution < -0.4 is 10.1 Å². The van der Waals surface area contributed by atoms with Gasteiger partial charge in [-0.2, -0.15) is 0 Å². The van der Waals surface area contributed by atoms with Gasteiger partial charge in [-0.1, -0.05) is 26.2 Å². The molecule has 1 saturated carbocycles. The second-order valence-corrected chi connectivity index (χ2v) is 7.58. The number of carbonyl (C=O) groups is 1. The van der Waals surface area contributed by atoms with E-state index in [9.17, 15) is 9.18 Å². The molecule has 1 aliphatic carbocycles. The zero-order valence-electron chi connectivity index (χ0n) is 16.2. The maximum Gasteiger partial charge on any atom is 0.410 e. The van der Waals surface area contributed by atoms with Crippen LogP contribution in [0.3, 0.4) is 0 Å². The van der Waals surface area contributed by atoms with E-state index in [2.05, 4.69) is 5.32 Å². The van der Waals surface area contributed by atoms with Gasteiger partial charge in [-0.15, -0.1) is 0 Å². The SMILES string of the molecule is CCC1CNCCN1C(=O)OCc1cc(OCC2CCCCC2)ccc1F. The third kappa shape index (κ3) is 5.58. The van der Waals surface area contributed by atoms with Crippen LogP contribution in [-0.4, -0.2) is 43.3 Å². The van der Waals surface area contributed by atoms with E-state index in [1.807, 2.05) is 6.92 Å². The topological polar surface area (TPSA) is 50.8 Å². The highest BCUT2D eigenvalue weighted by molar-refractivity contribution is 5.68. The van der Waals surface area contributed by atoms with E-state index in [0.29, 0.717) is 30.4 Å². The highest BCUT2D eigenvalue weighted by Crippen LogP contribution is 2.25. The Balaban J connectivity index is 1.53. The Labute approximate surface area is 161 Å². The number of hydrogen-bond acceptors (Lipinski definition) is 4. The summed E-state index contributed by atoms with van der Waals surface area (Å²) in [5.41, 5.74) is 0.354. The molecule has 3 rings (SSSR count). The number of benzene rings is 1. The third-order valence-corrected chi connectivity index (χ3v) is 5.63. The Kier molecular flexibility index (Phi) is 7.33. The van der Waals surface area contributed by atoms with Crippen LogP contribution in [0.15, 0.2) is 18.2 Å². The molecule has 0 aromatic heterocycles. The number of hydrogen-bond donors (Lipinski definition) is 1. The second kappa shape index (κ2) is 9.93. The minimum absolute atomic E-state index is 0.0777. The summed E-state index contributed by atoms with van der Waals surface area (Å²) in [6.07, 6.45) is 6.74. The van der Waals surface area contributed by atoms with Crippen molar-refractivity contribution in [1.82, 2.24) is 10.2 Å². The fourth-order valence-electron chi connectivity index (χ4n) is 3.91. The first kappa shape index (κ1) is 19.9. The summed E-state index contributed by atoms with van der Waals surface area (Å²) in [6.45, 7) is 4.78. The van der Waals surface area contributed by atoms with Gasteiger partial charge >= 0.3 is 6.09 Å². The summed E-state index contributed by atoms with van der Waals surface area (Å²) in [6, 6.07) is 4.81. The first-order valence-corrected chi connectivity index (χ1v) is 10.2. The fraction of sp³-hybridized carbons (Fsp3) is 0.667. The molecule has 5 nitrogen and oxygen atoms in total. The molecule has 150 valence electrons. The normalized spacial score (nSPS) is 21.1. The molecule has 1 aliphatic heterocycles. The average molecular weight is 378 g/mol. The first-order chi connectivity index (χ1) is 13.2. The molecule has 2 aliphatic rings. The van der Waals surface area contributed by atoms with Crippen molar-refractivity contribution in [2.45, 2.75) is 58.1 Å². The summed E-state index contributed by atoms with van der Waals surface area (Å²) in [4.78, 5) is 14.1. The molecule has 0 radical (unpaired) electrons. The summed E-state index contributed by atoms with van der Waals surface area (Å²) >= 11 is 0. The van der Waals surface area contributed by atoms with E-state index in [0.717, 1.165) is 19.5 Å². The Bertz CT molecular complexity index is 619. The Morgan fingerprint density at radius 1 is 1.30 bits per heavy atom. The van der Waals surface area contributed by atoms with E-state index in [1.54, 1.807) is 17.0 Å². The zero-order valence-corrected chi connectivity index (χ0v) is 16.2. The molecule has 0 spiro atoms. The molecule has 1 heterocycles. The molecule has 1 unspecified atom stereocenters. The van der Waals surface area contributed by atoms with Crippen molar-refractivity contribution in [3.8, 4) is 5.75 Å². The minimum atomic E-state index is -0.378. The van der Waals surface area contributed by atoms with Crippen LogP contribution in [0, 0.1) is 11.7 Å². The molecule has 6 heteroatoms. The fourth-order valence-corrected chi connectivity index (χ4v) is 3.91. The quantitative estimate of drug-likeness (QED) is 0.810. The molecule has 1 atom stereocenters. The summed E-state index contributed by atoms with van der Waals surface area (Å²) < 4.78 is 25.4. The molecular formula is C21H31FN2O3. The van der Waals surface area contributed by atoms with Gasteiger partial charge in [0.25, 0.3) is 0 Å². The number of halogens is 1. The van der Waals surface area contributed by atoms with Crippen molar-refractivity contribution in [2.24, 2.45) is 5.92 Å². The Morgan fingerprint density at radius 2 is 2.11 bits per heavy atom. The molecule has 1 saturated heterocycles. The van der Waals surface area contributed by atoms with E-state index >= 15 is 0 Å². The monoisotopic (exact) mass is 378 g/mol. The van der Waals surface area contributed by atoms with E-state index in [4.69, 9.17) is 9.47 Å². The molecular weight excluding hydrogens is 347 g/mol. The van der Waals surface area contributed by atoms with Crippen molar-refractivity contribution in [1.29, 1.82) is 0 Å². The van der Waals surface area contributed by atoms with Gasteiger partial charge in [-0.05, 0) is 43.4 Å². The maximum atomic E-state index is 14.1. The lowest BCUT2D eigenvalue weighted by molar-refractivity contribution is 0.0706. The molecule has 1 N–H and O–H groups in total. The van der Waals surface area contributed by atoms with Crippen molar-refractivity contribution in [3.05, 3.63) is 29.6 Å². The Morgan fingerprint density at radius 3 is 2.89 bits per heavy atom. The lowest BCUT2D eigenvalue weighted by Gasteiger charge is -2.34. The first-order valence-electron chi connectivity index (χ1n) is 10.2. The molecule has 2 fully saturated rings. The number of amides is 1. The molecule has 1 aromatic carbocycles. The van der Waals surface area contributed by atoms with Crippen molar-refractivity contribution in [2.75, 3.05) is 26.2 Å². The number of rotatable bonds is 6. The van der Waals surface area contributed by atoms with Crippen LogP contribution >= 0.6 is 0 Å². The average Bonchev–Trinajstić information content (AvgIpc) is 2.72. The molecule has 1 aromatic rings. The van der Waals surface area contributed by atoms with Crippen LogP contribution in [0.4, 0.5) is 9.18 Å². The van der Waals surface area contributed by atoms with Gasteiger partial charge in [0, 0.05) is 31.2 Å². The number of nitrogens with one attached hydrogen (secondary N) is 1. The van der Waals surface area contributed by atoms with Crippen LogP contribution in [0.1, 0.15) is 51.0 Å². The molecule has 0 bridgehead atoms. The lowest BCUT2D eigenvalue weighted by atomic mass is 9.90. The van der Waals surface area contributed by atoms with Gasteiger partial charge in [-0.25, -0.2) is 9.18 Å². The van der Waals surface area contributed by atoms with Gasteiger partial charge in [0.2, 0.25) is 0 Å². The lowest BCUT2D eigenvalue weighted by Crippen LogP contribution is -2.53. The van der Waals surface area contributed by atoms with Crippen molar-refractivity contribution >= 4 is 6.09 Å². The summed E-state index contributed by atoms with van der Waals surface area (Å²) in [5.74, 6) is 0.852. The van der Waals surface area contributed by atoms with Crippen LogP contribution in [-0.2, 0) is 11.3 Å². The van der Waals surface area contributed by atoms with Crippen LogP contribution in [0.5, 0.6) is 5.75 Å². The van der Waals surface area contributed by atoms with Gasteiger partial charge in [0.05, 0.1) is 6.61 Å². The number of nitrogens with zero attached hydrogens (tertiary/aromatic N) is 1. The highest BCUT2D eigenvalue weighted by atomic mass is 19.1. The minimum Gasteiger partial charge on any atom is -0.493 e. The van der Waals surface area contributed by atoms with Crippen LogP contribution in [0.2, 0.25) is 0 Å². The number of piperazine rings is 1. The smallest absolute Gasteiger partial charge is 0.410 e. The summed E-state index contributed by atoms with van der Waals surface area (Å²) in [7, 11) is 0. The van der Waals surface area contributed by atoms with Gasteiger partial charge < -0.3 is 19.7 Å². The van der Waals surface area contributed by atoms with Crippen LogP contribution in [0.25, 0.3) is 0 Å². The molecule has 1 amide bonds. The largest absolute Gasteiger partial charge is 0.493 e. The van der Waals surface area contributed by atoms with E-state index < -0.39 is 0 Å². The predicted molar refractivity (Wildman–Crippen MR) is 102 cm³/mol. The highest BCUT2D eigenvalue weighted by Gasteiger charge is 2.26. The third-order valence-electron chi connectivity index (χ3n) is 5.63. The van der Waals surface area contributed by atoms with E-state index in [-0.39, 0.29) is 24.6 Å². The maximum absolute atomic E-state index is 14.1. The summed E-state index contributed by atoms with van der Waals surface area (Å²) in [5, 5.41) is 3.28.